The van der Waals surface area contributed by atoms with Crippen molar-refractivity contribution in [3.63, 3.8) is 0 Å². The van der Waals surface area contributed by atoms with E-state index >= 15 is 0 Å². The minimum Gasteiger partial charge on any atom is -0.305 e. The van der Waals surface area contributed by atoms with E-state index in [-0.39, 0.29) is 5.91 Å². The average Bonchev–Trinajstić information content (AvgIpc) is 3.04. The summed E-state index contributed by atoms with van der Waals surface area (Å²) >= 11 is 0. The van der Waals surface area contributed by atoms with Crippen molar-refractivity contribution in [3.05, 3.63) is 42.1 Å². The highest BCUT2D eigenvalue weighted by Gasteiger charge is 2.14. The van der Waals surface area contributed by atoms with Gasteiger partial charge in [-0.15, -0.1) is 0 Å². The number of rotatable bonds is 3. The number of fused-ring (bicyclic) bond motifs is 1. The van der Waals surface area contributed by atoms with Crippen LogP contribution in [0.1, 0.15) is 35.8 Å². The van der Waals surface area contributed by atoms with Gasteiger partial charge >= 0.3 is 0 Å². The Bertz CT molecular complexity index is 757. The highest BCUT2D eigenvalue weighted by Crippen LogP contribution is 2.16. The summed E-state index contributed by atoms with van der Waals surface area (Å²) < 4.78 is 1.60. The van der Waals surface area contributed by atoms with Crippen LogP contribution in [0.5, 0.6) is 0 Å². The molecule has 0 atom stereocenters. The maximum atomic E-state index is 12.2. The third kappa shape index (κ3) is 2.13. The molecule has 0 aliphatic rings. The molecule has 0 saturated carbocycles. The fourth-order valence-corrected chi connectivity index (χ4v) is 1.89. The zero-order chi connectivity index (χ0) is 14.1. The highest BCUT2D eigenvalue weighted by molar-refractivity contribution is 6.08. The Morgan fingerprint density at radius 3 is 3.00 bits per heavy atom. The van der Waals surface area contributed by atoms with Crippen molar-refractivity contribution in [2.45, 2.75) is 19.8 Å². The Hall–Kier alpha value is -2.70. The Morgan fingerprint density at radius 2 is 2.25 bits per heavy atom. The summed E-state index contributed by atoms with van der Waals surface area (Å²) in [5.41, 5.74) is 2.10. The number of nitrogens with zero attached hydrogens (tertiary/aromatic N) is 4. The predicted molar refractivity (Wildman–Crippen MR) is 73.6 cm³/mol. The summed E-state index contributed by atoms with van der Waals surface area (Å²) in [5.74, 6) is 0.575. The topological polar surface area (TPSA) is 88.0 Å². The molecule has 3 aromatic rings. The lowest BCUT2D eigenvalue weighted by atomic mass is 10.1. The van der Waals surface area contributed by atoms with Gasteiger partial charge in [0, 0.05) is 24.2 Å². The number of hydrogen-bond acceptors (Lipinski definition) is 4. The molecule has 0 aliphatic carbocycles. The fourth-order valence-electron chi connectivity index (χ4n) is 1.89. The van der Waals surface area contributed by atoms with E-state index < -0.39 is 0 Å². The molecule has 0 aliphatic heterocycles. The molecule has 3 aromatic heterocycles. The van der Waals surface area contributed by atoms with E-state index in [1.807, 2.05) is 6.07 Å². The molecule has 3 rings (SSSR count). The number of anilines is 1. The SMILES string of the molecule is CC(C)c1cc(NC(=O)c2cnn3ccncc23)n[nH]1. The van der Waals surface area contributed by atoms with Crippen molar-refractivity contribution in [2.75, 3.05) is 5.32 Å². The van der Waals surface area contributed by atoms with Gasteiger partial charge in [0.2, 0.25) is 0 Å². The van der Waals surface area contributed by atoms with Crippen LogP contribution in [0.2, 0.25) is 0 Å². The lowest BCUT2D eigenvalue weighted by Crippen LogP contribution is -2.11. The predicted octanol–water partition coefficient (Wildman–Crippen LogP) is 1.83. The molecule has 0 unspecified atom stereocenters. The largest absolute Gasteiger partial charge is 0.305 e. The smallest absolute Gasteiger partial charge is 0.260 e. The third-order valence-corrected chi connectivity index (χ3v) is 3.03. The first-order chi connectivity index (χ1) is 9.65. The minimum absolute atomic E-state index is 0.255. The number of carbonyl (C=O) groups is 1. The Morgan fingerprint density at radius 1 is 1.40 bits per heavy atom. The van der Waals surface area contributed by atoms with Crippen LogP contribution in [-0.4, -0.2) is 30.7 Å². The average molecular weight is 270 g/mol. The van der Waals surface area contributed by atoms with Crippen molar-refractivity contribution >= 4 is 17.2 Å². The number of amides is 1. The zero-order valence-corrected chi connectivity index (χ0v) is 11.2. The van der Waals surface area contributed by atoms with E-state index in [0.717, 1.165) is 5.69 Å². The van der Waals surface area contributed by atoms with Gasteiger partial charge in [0.15, 0.2) is 5.82 Å². The van der Waals surface area contributed by atoms with Crippen LogP contribution < -0.4 is 5.32 Å². The van der Waals surface area contributed by atoms with Crippen LogP contribution in [0.3, 0.4) is 0 Å². The molecule has 2 N–H and O–H groups in total. The van der Waals surface area contributed by atoms with E-state index in [0.29, 0.717) is 22.8 Å². The summed E-state index contributed by atoms with van der Waals surface area (Å²) in [6, 6.07) is 1.83. The van der Waals surface area contributed by atoms with Crippen LogP contribution in [0.15, 0.2) is 30.9 Å². The number of H-pyrrole nitrogens is 1. The van der Waals surface area contributed by atoms with Gasteiger partial charge in [0.1, 0.15) is 0 Å². The molecule has 20 heavy (non-hydrogen) atoms. The van der Waals surface area contributed by atoms with Crippen LogP contribution in [0.25, 0.3) is 5.52 Å². The molecule has 0 saturated heterocycles. The van der Waals surface area contributed by atoms with Gasteiger partial charge in [-0.2, -0.15) is 10.2 Å². The Labute approximate surface area is 115 Å². The number of nitrogens with one attached hydrogen (secondary N) is 2. The van der Waals surface area contributed by atoms with Gasteiger partial charge in [-0.25, -0.2) is 4.52 Å². The van der Waals surface area contributed by atoms with Crippen molar-refractivity contribution in [1.82, 2.24) is 24.8 Å². The fraction of sp³-hybridized carbons (Fsp3) is 0.231. The second-order valence-corrected chi connectivity index (χ2v) is 4.78. The first-order valence-electron chi connectivity index (χ1n) is 6.29. The monoisotopic (exact) mass is 270 g/mol. The number of hydrogen-bond donors (Lipinski definition) is 2. The minimum atomic E-state index is -0.255. The van der Waals surface area contributed by atoms with Gasteiger partial charge in [-0.05, 0) is 5.92 Å². The van der Waals surface area contributed by atoms with E-state index in [1.54, 1.807) is 23.1 Å². The van der Waals surface area contributed by atoms with Gasteiger partial charge in [0.25, 0.3) is 5.91 Å². The number of carbonyl (C=O) groups excluding carboxylic acids is 1. The van der Waals surface area contributed by atoms with Gasteiger partial charge in [-0.3, -0.25) is 14.9 Å². The van der Waals surface area contributed by atoms with Crippen LogP contribution in [0, 0.1) is 0 Å². The van der Waals surface area contributed by atoms with E-state index in [1.165, 1.54) is 6.20 Å². The first-order valence-corrected chi connectivity index (χ1v) is 6.29. The third-order valence-electron chi connectivity index (χ3n) is 3.03. The summed E-state index contributed by atoms with van der Waals surface area (Å²) in [6.07, 6.45) is 6.43. The van der Waals surface area contributed by atoms with Gasteiger partial charge < -0.3 is 5.32 Å². The second kappa shape index (κ2) is 4.76. The van der Waals surface area contributed by atoms with E-state index in [2.05, 4.69) is 39.4 Å². The number of aromatic nitrogens is 5. The summed E-state index contributed by atoms with van der Waals surface area (Å²) in [7, 11) is 0. The van der Waals surface area contributed by atoms with Crippen LogP contribution >= 0.6 is 0 Å². The maximum absolute atomic E-state index is 12.2. The van der Waals surface area contributed by atoms with Gasteiger partial charge in [-0.1, -0.05) is 13.8 Å². The molecule has 0 spiro atoms. The molecule has 0 bridgehead atoms. The Balaban J connectivity index is 1.85. The number of aromatic amines is 1. The first kappa shape index (κ1) is 12.3. The quantitative estimate of drug-likeness (QED) is 0.760. The molecule has 0 fully saturated rings. The molecule has 0 radical (unpaired) electrons. The molecule has 3 heterocycles. The highest BCUT2D eigenvalue weighted by atomic mass is 16.1. The van der Waals surface area contributed by atoms with Crippen LogP contribution in [0.4, 0.5) is 5.82 Å². The summed E-state index contributed by atoms with van der Waals surface area (Å²) in [5, 5.41) is 13.8. The summed E-state index contributed by atoms with van der Waals surface area (Å²) in [4.78, 5) is 16.2. The van der Waals surface area contributed by atoms with Crippen molar-refractivity contribution < 1.29 is 4.79 Å². The molecule has 7 heteroatoms. The molecule has 102 valence electrons. The Kier molecular flexibility index (Phi) is 2.94. The second-order valence-electron chi connectivity index (χ2n) is 4.78. The van der Waals surface area contributed by atoms with E-state index in [4.69, 9.17) is 0 Å². The zero-order valence-electron chi connectivity index (χ0n) is 11.2. The standard InChI is InChI=1S/C13H14N6O/c1-8(2)10-5-12(18-17-10)16-13(20)9-6-15-19-4-3-14-7-11(9)19/h3-8H,1-2H3,(H2,16,17,18,20). The van der Waals surface area contributed by atoms with Crippen molar-refractivity contribution in [2.24, 2.45) is 0 Å². The lowest BCUT2D eigenvalue weighted by Gasteiger charge is -1.99. The normalized spacial score (nSPS) is 11.2. The molecule has 7 nitrogen and oxygen atoms in total. The van der Waals surface area contributed by atoms with Crippen LogP contribution in [-0.2, 0) is 0 Å². The molecule has 1 amide bonds. The van der Waals surface area contributed by atoms with E-state index in [9.17, 15) is 4.79 Å². The van der Waals surface area contributed by atoms with Gasteiger partial charge in [0.05, 0.1) is 23.5 Å². The van der Waals surface area contributed by atoms with Crippen molar-refractivity contribution in [1.29, 1.82) is 0 Å². The molecule has 0 aromatic carbocycles. The van der Waals surface area contributed by atoms with Crippen molar-refractivity contribution in [3.8, 4) is 0 Å². The maximum Gasteiger partial charge on any atom is 0.260 e. The molecular weight excluding hydrogens is 256 g/mol. The summed E-state index contributed by atoms with van der Waals surface area (Å²) in [6.45, 7) is 4.10. The molecular formula is C13H14N6O. The lowest BCUT2D eigenvalue weighted by molar-refractivity contribution is 0.102.